The molecule has 11 nitrogen and oxygen atoms in total. The Hall–Kier alpha value is -4.93. The number of nitrogens with zero attached hydrogens (tertiary/aromatic N) is 6. The summed E-state index contributed by atoms with van der Waals surface area (Å²) in [5.74, 6) is 0.256. The molecule has 1 aromatic carbocycles. The first-order chi connectivity index (χ1) is 20.7. The van der Waals surface area contributed by atoms with Gasteiger partial charge in [-0.15, -0.1) is 0 Å². The smallest absolute Gasteiger partial charge is 0.410 e. The first kappa shape index (κ1) is 28.2. The zero-order chi connectivity index (χ0) is 30.1. The van der Waals surface area contributed by atoms with E-state index in [0.717, 1.165) is 22.3 Å². The quantitative estimate of drug-likeness (QED) is 0.276. The first-order valence-corrected chi connectivity index (χ1v) is 14.5. The van der Waals surface area contributed by atoms with E-state index in [0.29, 0.717) is 55.4 Å². The van der Waals surface area contributed by atoms with Crippen LogP contribution in [-0.4, -0.2) is 65.8 Å². The number of benzene rings is 1. The van der Waals surface area contributed by atoms with E-state index in [4.69, 9.17) is 19.6 Å². The van der Waals surface area contributed by atoms with Crippen LogP contribution >= 0.6 is 0 Å². The number of aromatic nitrogens is 5. The lowest BCUT2D eigenvalue weighted by atomic mass is 10.1. The SMILES string of the molecule is CCc1nn(Cc2cccc(O[C@H]3CCN(C(=O)OC(C)(C)C)C3)n2)c2cccc(NC(=O)c3cnc4ccccn34)c12. The highest BCUT2D eigenvalue weighted by Gasteiger charge is 2.31. The fourth-order valence-electron chi connectivity index (χ4n) is 5.32. The third kappa shape index (κ3) is 6.01. The molecule has 1 fully saturated rings. The Labute approximate surface area is 249 Å². The molecule has 43 heavy (non-hydrogen) atoms. The van der Waals surface area contributed by atoms with E-state index >= 15 is 0 Å². The second-order valence-electron chi connectivity index (χ2n) is 11.6. The van der Waals surface area contributed by atoms with E-state index in [2.05, 4.69) is 10.3 Å². The first-order valence-electron chi connectivity index (χ1n) is 14.5. The topological polar surface area (TPSA) is 116 Å². The summed E-state index contributed by atoms with van der Waals surface area (Å²) in [6.45, 7) is 9.07. The zero-order valence-corrected chi connectivity index (χ0v) is 24.8. The number of rotatable bonds is 7. The van der Waals surface area contributed by atoms with Gasteiger partial charge in [-0.2, -0.15) is 5.10 Å². The van der Waals surface area contributed by atoms with Crippen LogP contribution in [0.4, 0.5) is 10.5 Å². The molecule has 11 heteroatoms. The number of fused-ring (bicyclic) bond motifs is 2. The lowest BCUT2D eigenvalue weighted by molar-refractivity contribution is 0.0274. The minimum Gasteiger partial charge on any atom is -0.472 e. The molecule has 0 radical (unpaired) electrons. The molecule has 5 heterocycles. The number of aryl methyl sites for hydroxylation is 1. The predicted octanol–water partition coefficient (Wildman–Crippen LogP) is 5.33. The maximum atomic E-state index is 13.3. The van der Waals surface area contributed by atoms with E-state index in [-0.39, 0.29) is 18.1 Å². The van der Waals surface area contributed by atoms with Gasteiger partial charge in [0.15, 0.2) is 0 Å². The van der Waals surface area contributed by atoms with Gasteiger partial charge < -0.3 is 19.7 Å². The van der Waals surface area contributed by atoms with Crippen LogP contribution in [0.2, 0.25) is 0 Å². The lowest BCUT2D eigenvalue weighted by Gasteiger charge is -2.24. The molecule has 0 saturated carbocycles. The zero-order valence-electron chi connectivity index (χ0n) is 24.8. The maximum absolute atomic E-state index is 13.3. The van der Waals surface area contributed by atoms with Crippen LogP contribution in [0.15, 0.2) is 67.0 Å². The van der Waals surface area contributed by atoms with E-state index < -0.39 is 5.60 Å². The second kappa shape index (κ2) is 11.4. The van der Waals surface area contributed by atoms with Gasteiger partial charge in [-0.1, -0.05) is 25.1 Å². The van der Waals surface area contributed by atoms with Crippen LogP contribution in [0, 0.1) is 0 Å². The van der Waals surface area contributed by atoms with Crippen molar-refractivity contribution in [2.45, 2.75) is 58.8 Å². The van der Waals surface area contributed by atoms with Gasteiger partial charge in [0.2, 0.25) is 5.88 Å². The van der Waals surface area contributed by atoms with E-state index in [1.54, 1.807) is 15.5 Å². The highest BCUT2D eigenvalue weighted by Crippen LogP contribution is 2.29. The highest BCUT2D eigenvalue weighted by molar-refractivity contribution is 6.08. The minimum atomic E-state index is -0.540. The molecule has 4 aromatic heterocycles. The molecule has 1 aliphatic rings. The molecular weight excluding hydrogens is 546 g/mol. The molecular formula is C32H35N7O4. The van der Waals surface area contributed by atoms with Crippen LogP contribution < -0.4 is 10.1 Å². The summed E-state index contributed by atoms with van der Waals surface area (Å²) < 4.78 is 15.3. The Morgan fingerprint density at radius 1 is 1.07 bits per heavy atom. The molecule has 6 rings (SSSR count). The van der Waals surface area contributed by atoms with Crippen LogP contribution in [0.5, 0.6) is 5.88 Å². The van der Waals surface area contributed by atoms with Crippen molar-refractivity contribution in [3.8, 4) is 5.88 Å². The van der Waals surface area contributed by atoms with Crippen molar-refractivity contribution in [3.63, 3.8) is 0 Å². The standard InChI is InChI=1S/C32H35N7O4/c1-5-23-29-24(35-30(40)26-18-33-27-13-6-7-16-38(26)27)11-9-12-25(29)39(36-23)19-21-10-8-14-28(34-21)42-22-15-17-37(20-22)31(41)43-32(2,3)4/h6-14,16,18,22H,5,15,17,19-20H2,1-4H3,(H,35,40)/t22-/m0/s1. The van der Waals surface area contributed by atoms with Crippen LogP contribution in [0.1, 0.15) is 56.0 Å². The number of anilines is 1. The van der Waals surface area contributed by atoms with Crippen molar-refractivity contribution in [2.75, 3.05) is 18.4 Å². The third-order valence-electron chi connectivity index (χ3n) is 7.26. The van der Waals surface area contributed by atoms with Gasteiger partial charge in [0.1, 0.15) is 23.0 Å². The molecule has 0 aliphatic carbocycles. The number of amides is 2. The van der Waals surface area contributed by atoms with Crippen molar-refractivity contribution >= 4 is 34.2 Å². The number of carbonyl (C=O) groups is 2. The van der Waals surface area contributed by atoms with Gasteiger partial charge in [-0.25, -0.2) is 14.8 Å². The Morgan fingerprint density at radius 2 is 1.91 bits per heavy atom. The maximum Gasteiger partial charge on any atom is 0.410 e. The van der Waals surface area contributed by atoms with Gasteiger partial charge in [0.25, 0.3) is 5.91 Å². The van der Waals surface area contributed by atoms with E-state index in [1.165, 1.54) is 0 Å². The number of nitrogens with one attached hydrogen (secondary N) is 1. The van der Waals surface area contributed by atoms with Crippen LogP contribution in [-0.2, 0) is 17.7 Å². The van der Waals surface area contributed by atoms with Crippen molar-refractivity contribution in [1.29, 1.82) is 0 Å². The van der Waals surface area contributed by atoms with E-state index in [9.17, 15) is 9.59 Å². The number of carbonyl (C=O) groups excluding carboxylic acids is 2. The van der Waals surface area contributed by atoms with Crippen molar-refractivity contribution < 1.29 is 19.1 Å². The average Bonchev–Trinajstić information content (AvgIpc) is 3.70. The van der Waals surface area contributed by atoms with Gasteiger partial charge in [0.05, 0.1) is 41.9 Å². The molecule has 0 spiro atoms. The number of pyridine rings is 2. The lowest BCUT2D eigenvalue weighted by Crippen LogP contribution is -2.36. The van der Waals surface area contributed by atoms with Crippen molar-refractivity contribution in [1.82, 2.24) is 29.0 Å². The summed E-state index contributed by atoms with van der Waals surface area (Å²) in [6, 6.07) is 17.1. The Bertz CT molecular complexity index is 1800. The summed E-state index contributed by atoms with van der Waals surface area (Å²) in [5.41, 5.74) is 3.87. The number of ether oxygens (including phenoxy) is 2. The van der Waals surface area contributed by atoms with Crippen molar-refractivity contribution in [3.05, 3.63) is 84.1 Å². The fourth-order valence-corrected chi connectivity index (χ4v) is 5.32. The Morgan fingerprint density at radius 3 is 2.72 bits per heavy atom. The Balaban J connectivity index is 1.19. The number of hydrogen-bond donors (Lipinski definition) is 1. The molecule has 0 unspecified atom stereocenters. The molecule has 2 amide bonds. The molecule has 222 valence electrons. The number of hydrogen-bond acceptors (Lipinski definition) is 7. The normalized spacial score (nSPS) is 15.3. The fraction of sp³-hybridized carbons (Fsp3) is 0.344. The van der Waals surface area contributed by atoms with Gasteiger partial charge in [-0.3, -0.25) is 13.9 Å². The third-order valence-corrected chi connectivity index (χ3v) is 7.26. The average molecular weight is 582 g/mol. The van der Waals surface area contributed by atoms with Crippen LogP contribution in [0.3, 0.4) is 0 Å². The van der Waals surface area contributed by atoms with E-state index in [1.807, 2.05) is 93.2 Å². The van der Waals surface area contributed by atoms with Gasteiger partial charge in [-0.05, 0) is 57.5 Å². The van der Waals surface area contributed by atoms with Gasteiger partial charge >= 0.3 is 6.09 Å². The largest absolute Gasteiger partial charge is 0.472 e. The second-order valence-corrected chi connectivity index (χ2v) is 11.6. The summed E-state index contributed by atoms with van der Waals surface area (Å²) >= 11 is 0. The van der Waals surface area contributed by atoms with Crippen LogP contribution in [0.25, 0.3) is 16.6 Å². The molecule has 1 N–H and O–H groups in total. The highest BCUT2D eigenvalue weighted by atomic mass is 16.6. The molecule has 0 bridgehead atoms. The minimum absolute atomic E-state index is 0.161. The summed E-state index contributed by atoms with van der Waals surface area (Å²) in [4.78, 5) is 36.5. The monoisotopic (exact) mass is 581 g/mol. The summed E-state index contributed by atoms with van der Waals surface area (Å²) in [6.07, 6.45) is 4.31. The summed E-state index contributed by atoms with van der Waals surface area (Å²) in [5, 5.41) is 8.86. The Kier molecular flexibility index (Phi) is 7.47. The molecule has 1 aliphatic heterocycles. The molecule has 1 saturated heterocycles. The van der Waals surface area contributed by atoms with Gasteiger partial charge in [0, 0.05) is 30.6 Å². The molecule has 5 aromatic rings. The van der Waals surface area contributed by atoms with Crippen molar-refractivity contribution in [2.24, 2.45) is 0 Å². The number of likely N-dealkylation sites (tertiary alicyclic amines) is 1. The predicted molar refractivity (Wildman–Crippen MR) is 162 cm³/mol. The molecule has 1 atom stereocenters. The summed E-state index contributed by atoms with van der Waals surface area (Å²) in [7, 11) is 0. The number of imidazole rings is 1.